The molecule has 0 spiro atoms. The van der Waals surface area contributed by atoms with E-state index >= 15 is 0 Å². The summed E-state index contributed by atoms with van der Waals surface area (Å²) in [4.78, 5) is 3.84. The molecular formula is C16H9F6N3O. The van der Waals surface area contributed by atoms with Gasteiger partial charge in [0.1, 0.15) is 0 Å². The normalized spacial score (nSPS) is 12.4. The van der Waals surface area contributed by atoms with Crippen molar-refractivity contribution >= 4 is 0 Å². The molecule has 26 heavy (non-hydrogen) atoms. The summed E-state index contributed by atoms with van der Waals surface area (Å²) in [5.41, 5.74) is -2.76. The van der Waals surface area contributed by atoms with Gasteiger partial charge in [-0.05, 0) is 29.8 Å². The van der Waals surface area contributed by atoms with E-state index in [4.69, 9.17) is 4.42 Å². The SMILES string of the molecule is Cc1nnc(-c2cncc(-c3cc(C(F)(F)F)cc(C(F)(F)F)c3)c2)o1. The first kappa shape index (κ1) is 17.9. The molecule has 0 bridgehead atoms. The molecule has 136 valence electrons. The third-order valence-electron chi connectivity index (χ3n) is 3.43. The van der Waals surface area contributed by atoms with Crippen molar-refractivity contribution in [2.75, 3.05) is 0 Å². The monoisotopic (exact) mass is 373 g/mol. The van der Waals surface area contributed by atoms with Crippen LogP contribution in [-0.4, -0.2) is 15.2 Å². The Balaban J connectivity index is 2.14. The summed E-state index contributed by atoms with van der Waals surface area (Å²) < 4.78 is 83.1. The topological polar surface area (TPSA) is 51.8 Å². The Hall–Kier alpha value is -2.91. The molecule has 10 heteroatoms. The molecule has 0 saturated carbocycles. The number of hydrogen-bond acceptors (Lipinski definition) is 4. The molecule has 3 aromatic rings. The van der Waals surface area contributed by atoms with Crippen LogP contribution < -0.4 is 0 Å². The van der Waals surface area contributed by atoms with Gasteiger partial charge in [-0.25, -0.2) is 0 Å². The molecular weight excluding hydrogens is 364 g/mol. The Morgan fingerprint density at radius 3 is 1.81 bits per heavy atom. The molecule has 0 aliphatic rings. The van der Waals surface area contributed by atoms with Crippen LogP contribution in [0.1, 0.15) is 17.0 Å². The first-order chi connectivity index (χ1) is 12.0. The Bertz CT molecular complexity index is 913. The zero-order chi connectivity index (χ0) is 19.1. The highest BCUT2D eigenvalue weighted by molar-refractivity contribution is 5.69. The van der Waals surface area contributed by atoms with Crippen LogP contribution in [0.2, 0.25) is 0 Å². The lowest BCUT2D eigenvalue weighted by molar-refractivity contribution is -0.143. The van der Waals surface area contributed by atoms with Crippen molar-refractivity contribution in [3.63, 3.8) is 0 Å². The summed E-state index contributed by atoms with van der Waals surface area (Å²) in [5, 5.41) is 7.36. The summed E-state index contributed by atoms with van der Waals surface area (Å²) in [7, 11) is 0. The number of rotatable bonds is 2. The van der Waals surface area contributed by atoms with E-state index < -0.39 is 23.5 Å². The lowest BCUT2D eigenvalue weighted by Crippen LogP contribution is -2.11. The van der Waals surface area contributed by atoms with E-state index in [0.717, 1.165) is 6.20 Å². The van der Waals surface area contributed by atoms with Gasteiger partial charge in [0.05, 0.1) is 16.7 Å². The predicted molar refractivity (Wildman–Crippen MR) is 77.7 cm³/mol. The molecule has 0 N–H and O–H groups in total. The smallest absolute Gasteiger partial charge is 0.416 e. The molecule has 0 fully saturated rings. The third kappa shape index (κ3) is 3.68. The van der Waals surface area contributed by atoms with Crippen molar-refractivity contribution in [2.45, 2.75) is 19.3 Å². The van der Waals surface area contributed by atoms with Crippen LogP contribution in [0.25, 0.3) is 22.6 Å². The van der Waals surface area contributed by atoms with Gasteiger partial charge in [-0.3, -0.25) is 4.98 Å². The lowest BCUT2D eigenvalue weighted by Gasteiger charge is -2.14. The highest BCUT2D eigenvalue weighted by Crippen LogP contribution is 2.38. The van der Waals surface area contributed by atoms with Crippen LogP contribution in [0, 0.1) is 6.92 Å². The predicted octanol–water partition coefficient (Wildman–Crippen LogP) is 5.14. The minimum absolute atomic E-state index is 0.0509. The maximum atomic E-state index is 13.0. The quantitative estimate of drug-likeness (QED) is 0.584. The van der Waals surface area contributed by atoms with E-state index in [2.05, 4.69) is 15.2 Å². The van der Waals surface area contributed by atoms with Gasteiger partial charge in [-0.15, -0.1) is 10.2 Å². The minimum atomic E-state index is -4.93. The second-order valence-corrected chi connectivity index (χ2v) is 5.38. The van der Waals surface area contributed by atoms with E-state index in [9.17, 15) is 26.3 Å². The summed E-state index contributed by atoms with van der Waals surface area (Å²) in [6, 6.07) is 2.67. The average Bonchev–Trinajstić information content (AvgIpc) is 2.99. The molecule has 0 amide bonds. The standard InChI is InChI=1S/C16H9F6N3O/c1-8-24-25-14(26-8)11-2-10(6-23-7-11)9-3-12(15(17,18)19)5-13(4-9)16(20,21)22/h2-7H,1H3. The Labute approximate surface area is 142 Å². The summed E-state index contributed by atoms with van der Waals surface area (Å²) in [6.45, 7) is 1.54. The minimum Gasteiger partial charge on any atom is -0.421 e. The van der Waals surface area contributed by atoms with Gasteiger partial charge in [0, 0.05) is 24.9 Å². The van der Waals surface area contributed by atoms with Crippen LogP contribution in [0.3, 0.4) is 0 Å². The van der Waals surface area contributed by atoms with Gasteiger partial charge in [0.25, 0.3) is 0 Å². The Morgan fingerprint density at radius 2 is 1.31 bits per heavy atom. The molecule has 4 nitrogen and oxygen atoms in total. The largest absolute Gasteiger partial charge is 0.421 e. The van der Waals surface area contributed by atoms with Crippen molar-refractivity contribution in [1.82, 2.24) is 15.2 Å². The molecule has 0 radical (unpaired) electrons. The van der Waals surface area contributed by atoms with Crippen LogP contribution in [0.15, 0.2) is 41.1 Å². The number of aromatic nitrogens is 3. The fourth-order valence-corrected chi connectivity index (χ4v) is 2.25. The Morgan fingerprint density at radius 1 is 0.731 bits per heavy atom. The van der Waals surface area contributed by atoms with Crippen molar-refractivity contribution in [1.29, 1.82) is 0 Å². The molecule has 2 aromatic heterocycles. The van der Waals surface area contributed by atoms with Crippen molar-refractivity contribution in [3.05, 3.63) is 53.7 Å². The number of halogens is 6. The maximum Gasteiger partial charge on any atom is 0.416 e. The molecule has 0 aliphatic heterocycles. The van der Waals surface area contributed by atoms with E-state index in [1.54, 1.807) is 0 Å². The summed E-state index contributed by atoms with van der Waals surface area (Å²) in [5.74, 6) is 0.309. The summed E-state index contributed by atoms with van der Waals surface area (Å²) in [6.07, 6.45) is -7.38. The van der Waals surface area contributed by atoms with Crippen molar-refractivity contribution in [3.8, 4) is 22.6 Å². The Kier molecular flexibility index (Phi) is 4.21. The molecule has 1 aromatic carbocycles. The molecule has 3 rings (SSSR count). The number of aryl methyl sites for hydroxylation is 1. The number of alkyl halides is 6. The molecule has 0 unspecified atom stereocenters. The van der Waals surface area contributed by atoms with Gasteiger partial charge < -0.3 is 4.42 Å². The molecule has 0 saturated heterocycles. The number of pyridine rings is 1. The van der Waals surface area contributed by atoms with E-state index in [1.165, 1.54) is 19.2 Å². The average molecular weight is 373 g/mol. The van der Waals surface area contributed by atoms with Crippen molar-refractivity contribution < 1.29 is 30.8 Å². The van der Waals surface area contributed by atoms with Gasteiger partial charge in [0.2, 0.25) is 11.8 Å². The van der Waals surface area contributed by atoms with E-state index in [0.29, 0.717) is 12.1 Å². The zero-order valence-electron chi connectivity index (χ0n) is 13.0. The van der Waals surface area contributed by atoms with Gasteiger partial charge in [-0.2, -0.15) is 26.3 Å². The number of benzene rings is 1. The number of hydrogen-bond donors (Lipinski definition) is 0. The lowest BCUT2D eigenvalue weighted by atomic mass is 9.99. The van der Waals surface area contributed by atoms with E-state index in [-0.39, 0.29) is 34.5 Å². The first-order valence-corrected chi connectivity index (χ1v) is 7.09. The number of nitrogens with zero attached hydrogens (tertiary/aromatic N) is 3. The summed E-state index contributed by atoms with van der Waals surface area (Å²) >= 11 is 0. The second-order valence-electron chi connectivity index (χ2n) is 5.38. The fraction of sp³-hybridized carbons (Fsp3) is 0.188. The zero-order valence-corrected chi connectivity index (χ0v) is 13.0. The third-order valence-corrected chi connectivity index (χ3v) is 3.43. The van der Waals surface area contributed by atoms with Gasteiger partial charge >= 0.3 is 12.4 Å². The first-order valence-electron chi connectivity index (χ1n) is 7.09. The van der Waals surface area contributed by atoms with Crippen molar-refractivity contribution in [2.24, 2.45) is 0 Å². The highest BCUT2D eigenvalue weighted by Gasteiger charge is 2.37. The van der Waals surface area contributed by atoms with E-state index in [1.807, 2.05) is 0 Å². The van der Waals surface area contributed by atoms with Crippen LogP contribution >= 0.6 is 0 Å². The van der Waals surface area contributed by atoms with Crippen LogP contribution in [0.5, 0.6) is 0 Å². The fourth-order valence-electron chi connectivity index (χ4n) is 2.25. The molecule has 0 aliphatic carbocycles. The maximum absolute atomic E-state index is 13.0. The van der Waals surface area contributed by atoms with Crippen LogP contribution in [0.4, 0.5) is 26.3 Å². The van der Waals surface area contributed by atoms with Gasteiger partial charge in [-0.1, -0.05) is 0 Å². The second kappa shape index (κ2) is 6.11. The highest BCUT2D eigenvalue weighted by atomic mass is 19.4. The van der Waals surface area contributed by atoms with Gasteiger partial charge in [0.15, 0.2) is 0 Å². The van der Waals surface area contributed by atoms with Crippen LogP contribution in [-0.2, 0) is 12.4 Å². The molecule has 0 atom stereocenters. The molecule has 2 heterocycles.